The summed E-state index contributed by atoms with van der Waals surface area (Å²) in [6, 6.07) is 7.05. The van der Waals surface area contributed by atoms with Crippen molar-refractivity contribution >= 4 is 0 Å². The molecule has 0 aromatic heterocycles. The Balaban J connectivity index is 2.10. The van der Waals surface area contributed by atoms with Crippen LogP contribution in [0.25, 0.3) is 0 Å². The third kappa shape index (κ3) is 2.82. The first-order valence-corrected chi connectivity index (χ1v) is 5.84. The number of nitriles is 1. The van der Waals surface area contributed by atoms with Crippen LogP contribution in [0.4, 0.5) is 4.39 Å². The molecule has 0 unspecified atom stereocenters. The number of benzene rings is 1. The summed E-state index contributed by atoms with van der Waals surface area (Å²) in [5.41, 5.74) is 1.04. The van der Waals surface area contributed by atoms with Gasteiger partial charge in [-0.2, -0.15) is 5.26 Å². The minimum absolute atomic E-state index is 0.283. The number of hydrogen-bond acceptors (Lipinski definition) is 3. The summed E-state index contributed by atoms with van der Waals surface area (Å²) < 4.78 is 13.7. The van der Waals surface area contributed by atoms with Crippen molar-refractivity contribution in [3.05, 3.63) is 35.1 Å². The van der Waals surface area contributed by atoms with Crippen molar-refractivity contribution in [2.45, 2.75) is 19.5 Å². The van der Waals surface area contributed by atoms with Gasteiger partial charge in [0.15, 0.2) is 0 Å². The van der Waals surface area contributed by atoms with E-state index in [0.717, 1.165) is 19.6 Å². The molecule has 1 aliphatic rings. The second-order valence-electron chi connectivity index (χ2n) is 4.44. The molecule has 17 heavy (non-hydrogen) atoms. The zero-order chi connectivity index (χ0) is 12.3. The predicted molar refractivity (Wildman–Crippen MR) is 63.9 cm³/mol. The molecule has 1 saturated heterocycles. The molecule has 1 heterocycles. The molecule has 0 saturated carbocycles. The Labute approximate surface area is 101 Å². The fourth-order valence-electron chi connectivity index (χ4n) is 2.08. The molecule has 0 radical (unpaired) electrons. The van der Waals surface area contributed by atoms with Crippen molar-refractivity contribution in [2.24, 2.45) is 0 Å². The minimum Gasteiger partial charge on any atom is -0.314 e. The van der Waals surface area contributed by atoms with E-state index >= 15 is 0 Å². The highest BCUT2D eigenvalue weighted by Gasteiger charge is 2.19. The largest absolute Gasteiger partial charge is 0.314 e. The third-order valence-electron chi connectivity index (χ3n) is 3.19. The summed E-state index contributed by atoms with van der Waals surface area (Å²) >= 11 is 0. The smallest absolute Gasteiger partial charge is 0.129 e. The normalized spacial score (nSPS) is 21.1. The lowest BCUT2D eigenvalue weighted by Gasteiger charge is -2.33. The summed E-state index contributed by atoms with van der Waals surface area (Å²) in [6.07, 6.45) is 0. The summed E-state index contributed by atoms with van der Waals surface area (Å²) in [7, 11) is 0. The minimum atomic E-state index is -0.283. The quantitative estimate of drug-likeness (QED) is 0.841. The van der Waals surface area contributed by atoms with E-state index in [9.17, 15) is 4.39 Å². The van der Waals surface area contributed by atoms with E-state index in [1.165, 1.54) is 6.07 Å². The molecule has 2 rings (SSSR count). The standard InChI is InChI=1S/C13H16FN3/c1-10-8-16-4-5-17(10)9-12-3-2-11(7-15)6-13(12)14/h2-3,6,10,16H,4-5,8-9H2,1H3/t10-/m1/s1. The lowest BCUT2D eigenvalue weighted by Crippen LogP contribution is -2.49. The number of rotatable bonds is 2. The predicted octanol–water partition coefficient (Wildman–Crippen LogP) is 1.49. The zero-order valence-corrected chi connectivity index (χ0v) is 9.91. The summed E-state index contributed by atoms with van der Waals surface area (Å²) in [4.78, 5) is 2.25. The monoisotopic (exact) mass is 233 g/mol. The van der Waals surface area contributed by atoms with Crippen LogP contribution >= 0.6 is 0 Å². The van der Waals surface area contributed by atoms with E-state index in [1.54, 1.807) is 12.1 Å². The molecular weight excluding hydrogens is 217 g/mol. The van der Waals surface area contributed by atoms with E-state index < -0.39 is 0 Å². The molecular formula is C13H16FN3. The van der Waals surface area contributed by atoms with Crippen LogP contribution in [0, 0.1) is 17.1 Å². The van der Waals surface area contributed by atoms with Crippen LogP contribution < -0.4 is 5.32 Å². The Morgan fingerprint density at radius 2 is 2.41 bits per heavy atom. The first kappa shape index (κ1) is 12.0. The van der Waals surface area contributed by atoms with Gasteiger partial charge in [-0.3, -0.25) is 4.90 Å². The van der Waals surface area contributed by atoms with Crippen LogP contribution in [-0.2, 0) is 6.54 Å². The average molecular weight is 233 g/mol. The fraction of sp³-hybridized carbons (Fsp3) is 0.462. The molecule has 0 bridgehead atoms. The summed E-state index contributed by atoms with van der Waals surface area (Å²) in [5, 5.41) is 12.0. The van der Waals surface area contributed by atoms with Crippen LogP contribution in [0.15, 0.2) is 18.2 Å². The van der Waals surface area contributed by atoms with Gasteiger partial charge >= 0.3 is 0 Å². The molecule has 1 aromatic carbocycles. The van der Waals surface area contributed by atoms with Gasteiger partial charge in [-0.25, -0.2) is 4.39 Å². The number of piperazine rings is 1. The molecule has 0 aliphatic carbocycles. The SMILES string of the molecule is C[C@@H]1CNCCN1Cc1ccc(C#N)cc1F. The highest BCUT2D eigenvalue weighted by atomic mass is 19.1. The number of hydrogen-bond donors (Lipinski definition) is 1. The maximum absolute atomic E-state index is 13.7. The van der Waals surface area contributed by atoms with Crippen molar-refractivity contribution < 1.29 is 4.39 Å². The first-order valence-electron chi connectivity index (χ1n) is 5.84. The van der Waals surface area contributed by atoms with Crippen molar-refractivity contribution in [3.8, 4) is 6.07 Å². The van der Waals surface area contributed by atoms with Gasteiger partial charge < -0.3 is 5.32 Å². The van der Waals surface area contributed by atoms with Gasteiger partial charge in [0.05, 0.1) is 11.6 Å². The van der Waals surface area contributed by atoms with Gasteiger partial charge in [0.25, 0.3) is 0 Å². The number of nitrogens with zero attached hydrogens (tertiary/aromatic N) is 2. The molecule has 1 fully saturated rings. The number of nitrogens with one attached hydrogen (secondary N) is 1. The summed E-state index contributed by atoms with van der Waals surface area (Å²) in [6.45, 7) is 5.56. The van der Waals surface area contributed by atoms with Crippen LogP contribution in [0.5, 0.6) is 0 Å². The third-order valence-corrected chi connectivity index (χ3v) is 3.19. The van der Waals surface area contributed by atoms with Gasteiger partial charge in [-0.1, -0.05) is 6.07 Å². The molecule has 1 N–H and O–H groups in total. The van der Waals surface area contributed by atoms with Crippen molar-refractivity contribution in [1.29, 1.82) is 5.26 Å². The van der Waals surface area contributed by atoms with Gasteiger partial charge in [0.2, 0.25) is 0 Å². The van der Waals surface area contributed by atoms with Crippen LogP contribution in [-0.4, -0.2) is 30.6 Å². The molecule has 4 heteroatoms. The Bertz CT molecular complexity index is 439. The lowest BCUT2D eigenvalue weighted by molar-refractivity contribution is 0.164. The molecule has 1 aromatic rings. The lowest BCUT2D eigenvalue weighted by atomic mass is 10.1. The van der Waals surface area contributed by atoms with Crippen LogP contribution in [0.1, 0.15) is 18.1 Å². The Morgan fingerprint density at radius 3 is 3.06 bits per heavy atom. The molecule has 1 atom stereocenters. The summed E-state index contributed by atoms with van der Waals surface area (Å²) in [5.74, 6) is -0.283. The second-order valence-corrected chi connectivity index (χ2v) is 4.44. The maximum atomic E-state index is 13.7. The highest BCUT2D eigenvalue weighted by molar-refractivity contribution is 5.32. The van der Waals surface area contributed by atoms with Gasteiger partial charge in [0.1, 0.15) is 5.82 Å². The van der Waals surface area contributed by atoms with Crippen LogP contribution in [0.2, 0.25) is 0 Å². The molecule has 90 valence electrons. The van der Waals surface area contributed by atoms with Crippen LogP contribution in [0.3, 0.4) is 0 Å². The zero-order valence-electron chi connectivity index (χ0n) is 9.91. The van der Waals surface area contributed by atoms with Crippen molar-refractivity contribution in [2.75, 3.05) is 19.6 Å². The number of halogens is 1. The Hall–Kier alpha value is -1.44. The highest BCUT2D eigenvalue weighted by Crippen LogP contribution is 2.15. The Morgan fingerprint density at radius 1 is 1.59 bits per heavy atom. The van der Waals surface area contributed by atoms with E-state index in [0.29, 0.717) is 23.7 Å². The van der Waals surface area contributed by atoms with E-state index in [4.69, 9.17) is 5.26 Å². The van der Waals surface area contributed by atoms with Gasteiger partial charge in [-0.15, -0.1) is 0 Å². The molecule has 0 amide bonds. The first-order chi connectivity index (χ1) is 8.20. The topological polar surface area (TPSA) is 39.1 Å². The van der Waals surface area contributed by atoms with E-state index in [1.807, 2.05) is 6.07 Å². The van der Waals surface area contributed by atoms with E-state index in [2.05, 4.69) is 17.1 Å². The molecule has 3 nitrogen and oxygen atoms in total. The van der Waals surface area contributed by atoms with Gasteiger partial charge in [-0.05, 0) is 19.1 Å². The fourth-order valence-corrected chi connectivity index (χ4v) is 2.08. The molecule has 1 aliphatic heterocycles. The van der Waals surface area contributed by atoms with Gasteiger partial charge in [0, 0.05) is 37.8 Å². The maximum Gasteiger partial charge on any atom is 0.129 e. The second kappa shape index (κ2) is 5.26. The average Bonchev–Trinajstić information content (AvgIpc) is 2.34. The Kier molecular flexibility index (Phi) is 3.72. The van der Waals surface area contributed by atoms with E-state index in [-0.39, 0.29) is 5.82 Å². The van der Waals surface area contributed by atoms with Crippen molar-refractivity contribution in [1.82, 2.24) is 10.2 Å². The van der Waals surface area contributed by atoms with Crippen molar-refractivity contribution in [3.63, 3.8) is 0 Å². The molecule has 0 spiro atoms.